The van der Waals surface area contributed by atoms with Crippen LogP contribution in [0.4, 0.5) is 5.69 Å². The molecule has 0 aliphatic carbocycles. The molecule has 2 aromatic carbocycles. The highest BCUT2D eigenvalue weighted by Crippen LogP contribution is 2.19. The van der Waals surface area contributed by atoms with E-state index in [1.54, 1.807) is 31.2 Å². The number of esters is 1. The summed E-state index contributed by atoms with van der Waals surface area (Å²) >= 11 is 1.24. The molecule has 0 unspecified atom stereocenters. The van der Waals surface area contributed by atoms with E-state index in [1.807, 2.05) is 30.3 Å². The Kier molecular flexibility index (Phi) is 6.22. The van der Waals surface area contributed by atoms with Crippen molar-refractivity contribution in [1.29, 1.82) is 0 Å². The number of benzene rings is 2. The molecule has 8 heteroatoms. The Labute approximate surface area is 160 Å². The fraction of sp³-hybridized carbons (Fsp3) is 0.158. The Morgan fingerprint density at radius 2 is 1.85 bits per heavy atom. The summed E-state index contributed by atoms with van der Waals surface area (Å²) in [5, 5.41) is 10.3. The summed E-state index contributed by atoms with van der Waals surface area (Å²) in [6.07, 6.45) is 0. The molecule has 0 bridgehead atoms. The van der Waals surface area contributed by atoms with Crippen molar-refractivity contribution >= 4 is 29.3 Å². The van der Waals surface area contributed by atoms with E-state index in [-0.39, 0.29) is 17.6 Å². The molecule has 3 aromatic rings. The first-order chi connectivity index (χ1) is 13.2. The van der Waals surface area contributed by atoms with Crippen LogP contribution in [0.25, 0.3) is 11.4 Å². The average molecular weight is 382 g/mol. The molecule has 0 saturated heterocycles. The zero-order valence-corrected chi connectivity index (χ0v) is 15.5. The van der Waals surface area contributed by atoms with Gasteiger partial charge < -0.3 is 10.1 Å². The summed E-state index contributed by atoms with van der Waals surface area (Å²) in [6, 6.07) is 16.2. The van der Waals surface area contributed by atoms with Crippen LogP contribution in [0.1, 0.15) is 17.3 Å². The molecule has 0 saturated carbocycles. The SMILES string of the molecule is CCOC(=O)c1ccc(NC(=O)CSc2n[nH]c(-c3ccccc3)n2)cc1. The van der Waals surface area contributed by atoms with Gasteiger partial charge in [0, 0.05) is 11.3 Å². The van der Waals surface area contributed by atoms with Gasteiger partial charge in [-0.25, -0.2) is 9.78 Å². The second-order valence-corrected chi connectivity index (χ2v) is 6.41. The molecule has 0 radical (unpaired) electrons. The molecule has 3 rings (SSSR count). The maximum Gasteiger partial charge on any atom is 0.338 e. The first-order valence-corrected chi connectivity index (χ1v) is 9.32. The highest BCUT2D eigenvalue weighted by molar-refractivity contribution is 7.99. The normalized spacial score (nSPS) is 10.4. The number of H-pyrrole nitrogens is 1. The number of aromatic nitrogens is 3. The van der Waals surface area contributed by atoms with E-state index in [2.05, 4.69) is 20.5 Å². The van der Waals surface area contributed by atoms with Crippen LogP contribution < -0.4 is 5.32 Å². The summed E-state index contributed by atoms with van der Waals surface area (Å²) in [4.78, 5) is 28.1. The Balaban J connectivity index is 1.51. The third kappa shape index (κ3) is 5.18. The van der Waals surface area contributed by atoms with Gasteiger partial charge in [0.05, 0.1) is 17.9 Å². The number of nitrogens with zero attached hydrogens (tertiary/aromatic N) is 2. The van der Waals surface area contributed by atoms with Gasteiger partial charge in [0.25, 0.3) is 0 Å². The van der Waals surface area contributed by atoms with E-state index < -0.39 is 0 Å². The highest BCUT2D eigenvalue weighted by atomic mass is 32.2. The van der Waals surface area contributed by atoms with Gasteiger partial charge in [-0.3, -0.25) is 9.89 Å². The highest BCUT2D eigenvalue weighted by Gasteiger charge is 2.10. The fourth-order valence-electron chi connectivity index (χ4n) is 2.27. The van der Waals surface area contributed by atoms with Crippen LogP contribution in [0.3, 0.4) is 0 Å². The molecular weight excluding hydrogens is 364 g/mol. The summed E-state index contributed by atoms with van der Waals surface area (Å²) in [5.74, 6) is 0.263. The third-order valence-corrected chi connectivity index (χ3v) is 4.37. The van der Waals surface area contributed by atoms with Crippen molar-refractivity contribution in [2.24, 2.45) is 0 Å². The number of thioether (sulfide) groups is 1. The van der Waals surface area contributed by atoms with Gasteiger partial charge in [-0.1, -0.05) is 42.1 Å². The smallest absolute Gasteiger partial charge is 0.338 e. The minimum atomic E-state index is -0.384. The number of nitrogens with one attached hydrogen (secondary N) is 2. The van der Waals surface area contributed by atoms with Gasteiger partial charge in [0.1, 0.15) is 0 Å². The van der Waals surface area contributed by atoms with E-state index in [4.69, 9.17) is 4.74 Å². The van der Waals surface area contributed by atoms with E-state index in [0.29, 0.717) is 28.8 Å². The minimum absolute atomic E-state index is 0.172. The van der Waals surface area contributed by atoms with E-state index in [0.717, 1.165) is 5.56 Å². The number of hydrogen-bond donors (Lipinski definition) is 2. The molecule has 2 N–H and O–H groups in total. The van der Waals surface area contributed by atoms with Crippen molar-refractivity contribution in [3.63, 3.8) is 0 Å². The second kappa shape index (κ2) is 9.00. The minimum Gasteiger partial charge on any atom is -0.462 e. The molecule has 1 heterocycles. The lowest BCUT2D eigenvalue weighted by molar-refractivity contribution is -0.113. The third-order valence-electron chi connectivity index (χ3n) is 3.52. The van der Waals surface area contributed by atoms with Crippen LogP contribution in [0.5, 0.6) is 0 Å². The maximum atomic E-state index is 12.1. The first-order valence-electron chi connectivity index (χ1n) is 8.33. The van der Waals surface area contributed by atoms with Crippen molar-refractivity contribution in [3.8, 4) is 11.4 Å². The lowest BCUT2D eigenvalue weighted by atomic mass is 10.2. The van der Waals surface area contributed by atoms with Gasteiger partial charge >= 0.3 is 5.97 Å². The summed E-state index contributed by atoms with van der Waals surface area (Å²) < 4.78 is 4.92. The van der Waals surface area contributed by atoms with Crippen LogP contribution in [0.15, 0.2) is 59.8 Å². The quantitative estimate of drug-likeness (QED) is 0.480. The number of carbonyl (C=O) groups is 2. The van der Waals surface area contributed by atoms with Gasteiger partial charge in [-0.2, -0.15) is 0 Å². The van der Waals surface area contributed by atoms with Crippen molar-refractivity contribution in [2.45, 2.75) is 12.1 Å². The van der Waals surface area contributed by atoms with Gasteiger partial charge in [0.15, 0.2) is 5.82 Å². The molecule has 1 aromatic heterocycles. The van der Waals surface area contributed by atoms with Gasteiger partial charge in [-0.05, 0) is 31.2 Å². The number of hydrogen-bond acceptors (Lipinski definition) is 6. The predicted molar refractivity (Wildman–Crippen MR) is 104 cm³/mol. The maximum absolute atomic E-state index is 12.1. The van der Waals surface area contributed by atoms with Crippen LogP contribution in [-0.4, -0.2) is 39.4 Å². The van der Waals surface area contributed by atoms with Crippen molar-refractivity contribution in [3.05, 3.63) is 60.2 Å². The molecule has 7 nitrogen and oxygen atoms in total. The number of rotatable bonds is 7. The number of aromatic amines is 1. The molecular formula is C19H18N4O3S. The Bertz CT molecular complexity index is 910. The molecule has 0 aliphatic heterocycles. The standard InChI is InChI=1S/C19H18N4O3S/c1-2-26-18(25)14-8-10-15(11-9-14)20-16(24)12-27-19-21-17(22-23-19)13-6-4-3-5-7-13/h3-11H,2,12H2,1H3,(H,20,24)(H,21,22,23). The molecule has 1 amide bonds. The molecule has 0 fully saturated rings. The van der Waals surface area contributed by atoms with E-state index in [1.165, 1.54) is 11.8 Å². The van der Waals surface area contributed by atoms with E-state index >= 15 is 0 Å². The number of carbonyl (C=O) groups excluding carboxylic acids is 2. The Morgan fingerprint density at radius 1 is 1.11 bits per heavy atom. The van der Waals surface area contributed by atoms with Crippen LogP contribution in [0.2, 0.25) is 0 Å². The molecule has 0 aliphatic rings. The Morgan fingerprint density at radius 3 is 2.56 bits per heavy atom. The summed E-state index contributed by atoms with van der Waals surface area (Å²) in [6.45, 7) is 2.07. The largest absolute Gasteiger partial charge is 0.462 e. The van der Waals surface area contributed by atoms with Crippen molar-refractivity contribution in [2.75, 3.05) is 17.7 Å². The van der Waals surface area contributed by atoms with Gasteiger partial charge in [0.2, 0.25) is 11.1 Å². The molecule has 0 spiro atoms. The fourth-order valence-corrected chi connectivity index (χ4v) is 2.87. The zero-order chi connectivity index (χ0) is 19.1. The zero-order valence-electron chi connectivity index (χ0n) is 14.6. The van der Waals surface area contributed by atoms with Crippen LogP contribution in [-0.2, 0) is 9.53 Å². The average Bonchev–Trinajstić information content (AvgIpc) is 3.17. The first kappa shape index (κ1) is 18.7. The van der Waals surface area contributed by atoms with Gasteiger partial charge in [-0.15, -0.1) is 5.10 Å². The summed E-state index contributed by atoms with van der Waals surface area (Å²) in [7, 11) is 0. The second-order valence-electron chi connectivity index (χ2n) is 5.47. The molecule has 138 valence electrons. The number of anilines is 1. The molecule has 27 heavy (non-hydrogen) atoms. The number of ether oxygens (including phenoxy) is 1. The lowest BCUT2D eigenvalue weighted by Gasteiger charge is -2.05. The van der Waals surface area contributed by atoms with Crippen molar-refractivity contribution < 1.29 is 14.3 Å². The van der Waals surface area contributed by atoms with Crippen LogP contribution in [0, 0.1) is 0 Å². The van der Waals surface area contributed by atoms with Crippen LogP contribution >= 0.6 is 11.8 Å². The number of amides is 1. The van der Waals surface area contributed by atoms with Crippen molar-refractivity contribution in [1.82, 2.24) is 15.2 Å². The Hall–Kier alpha value is -3.13. The topological polar surface area (TPSA) is 97.0 Å². The monoisotopic (exact) mass is 382 g/mol. The predicted octanol–water partition coefficient (Wildman–Crippen LogP) is 3.38. The lowest BCUT2D eigenvalue weighted by Crippen LogP contribution is -2.14. The van der Waals surface area contributed by atoms with E-state index in [9.17, 15) is 9.59 Å². The molecule has 0 atom stereocenters. The summed E-state index contributed by atoms with van der Waals surface area (Å²) in [5.41, 5.74) is 1.98.